The van der Waals surface area contributed by atoms with Crippen LogP contribution in [0.3, 0.4) is 0 Å². The minimum Gasteiger partial charge on any atom is -0.478 e. The molecule has 0 aromatic carbocycles. The van der Waals surface area contributed by atoms with E-state index in [2.05, 4.69) is 15.3 Å². The summed E-state index contributed by atoms with van der Waals surface area (Å²) in [4.78, 5) is 40.1. The number of nitrogens with zero attached hydrogens (tertiary/aromatic N) is 2. The van der Waals surface area contributed by atoms with Gasteiger partial charge in [-0.2, -0.15) is 0 Å². The monoisotopic (exact) mass is 444 g/mol. The number of nitrogens with two attached hydrogens (primary N) is 1. The molecule has 2 aromatic rings. The zero-order valence-corrected chi connectivity index (χ0v) is 17.1. The summed E-state index contributed by atoms with van der Waals surface area (Å²) < 4.78 is 5.01. The van der Waals surface area contributed by atoms with Crippen molar-refractivity contribution in [2.45, 2.75) is 26.4 Å². The Labute approximate surface area is 175 Å². The minimum absolute atomic E-state index is 0.0285. The third-order valence-corrected chi connectivity index (χ3v) is 3.51. The lowest BCUT2D eigenvalue weighted by molar-refractivity contribution is 0.0634. The van der Waals surface area contributed by atoms with Crippen molar-refractivity contribution >= 4 is 52.6 Å². The lowest BCUT2D eigenvalue weighted by Crippen LogP contribution is -2.28. The van der Waals surface area contributed by atoms with Gasteiger partial charge in [-0.15, -0.1) is 0 Å². The molecule has 0 aliphatic carbocycles. The maximum absolute atomic E-state index is 11.5. The lowest BCUT2D eigenvalue weighted by atomic mass is 10.2. The van der Waals surface area contributed by atoms with E-state index in [1.54, 1.807) is 20.8 Å². The second-order valence-electron chi connectivity index (χ2n) is 6.36. The van der Waals surface area contributed by atoms with Crippen molar-refractivity contribution in [3.63, 3.8) is 0 Å². The zero-order chi connectivity index (χ0) is 22.4. The van der Waals surface area contributed by atoms with E-state index in [0.717, 1.165) is 12.4 Å². The third-order valence-electron chi connectivity index (χ3n) is 2.93. The summed E-state index contributed by atoms with van der Waals surface area (Å²) >= 11 is 11.3. The number of halogens is 2. The fourth-order valence-corrected chi connectivity index (χ4v) is 2.11. The van der Waals surface area contributed by atoms with Gasteiger partial charge < -0.3 is 20.7 Å². The fraction of sp³-hybridized carbons (Fsp3) is 0.235. The summed E-state index contributed by atoms with van der Waals surface area (Å²) in [7, 11) is 0. The van der Waals surface area contributed by atoms with Gasteiger partial charge in [-0.05, 0) is 20.8 Å². The van der Waals surface area contributed by atoms with Gasteiger partial charge in [0.25, 0.3) is 0 Å². The van der Waals surface area contributed by atoms with Gasteiger partial charge in [0.15, 0.2) is 0 Å². The molecule has 0 saturated carbocycles. The number of aromatic nitrogens is 2. The summed E-state index contributed by atoms with van der Waals surface area (Å²) in [5.41, 5.74) is 4.39. The third kappa shape index (κ3) is 7.43. The molecule has 0 unspecified atom stereocenters. The maximum Gasteiger partial charge on any atom is 0.412 e. The Morgan fingerprint density at radius 1 is 0.966 bits per heavy atom. The second kappa shape index (κ2) is 9.89. The van der Waals surface area contributed by atoms with Crippen LogP contribution in [0.15, 0.2) is 24.8 Å². The standard InChI is InChI=1S/C11H13ClN2O4.C6H5ClN2O2/c1-11(2,3)18-10(17)14-8-6(9(15)16)4-13-5-7(8)12;7-4-2-9-1-3(5(4)8)6(10)11/h4-5H,1-3H3,(H,15,16)(H,13,14,17);1-2H,(H2,8,9)(H,10,11). The summed E-state index contributed by atoms with van der Waals surface area (Å²) in [5, 5.41) is 19.9. The summed E-state index contributed by atoms with van der Waals surface area (Å²) in [6.45, 7) is 5.08. The zero-order valence-electron chi connectivity index (χ0n) is 15.6. The highest BCUT2D eigenvalue weighted by molar-refractivity contribution is 6.34. The Balaban J connectivity index is 0.000000326. The molecule has 0 fully saturated rings. The molecule has 0 aliphatic rings. The molecule has 12 heteroatoms. The van der Waals surface area contributed by atoms with Crippen molar-refractivity contribution in [2.24, 2.45) is 0 Å². The average molecular weight is 445 g/mol. The first-order chi connectivity index (χ1) is 13.3. The van der Waals surface area contributed by atoms with Crippen LogP contribution in [0.1, 0.15) is 41.5 Å². The van der Waals surface area contributed by atoms with Crippen molar-refractivity contribution in [3.8, 4) is 0 Å². The van der Waals surface area contributed by atoms with E-state index in [-0.39, 0.29) is 32.5 Å². The number of nitrogens with one attached hydrogen (secondary N) is 1. The van der Waals surface area contributed by atoms with E-state index in [1.807, 2.05) is 0 Å². The quantitative estimate of drug-likeness (QED) is 0.550. The van der Waals surface area contributed by atoms with Crippen LogP contribution < -0.4 is 11.1 Å². The molecule has 10 nitrogen and oxygen atoms in total. The summed E-state index contributed by atoms with van der Waals surface area (Å²) in [5.74, 6) is -2.37. The number of ether oxygens (including phenoxy) is 1. The molecule has 156 valence electrons. The molecule has 0 spiro atoms. The SMILES string of the molecule is CC(C)(C)OC(=O)Nc1c(Cl)cncc1C(=O)O.Nc1c(Cl)cncc1C(=O)O. The number of amides is 1. The highest BCUT2D eigenvalue weighted by Crippen LogP contribution is 2.25. The Morgan fingerprint density at radius 3 is 1.90 bits per heavy atom. The smallest absolute Gasteiger partial charge is 0.412 e. The number of carbonyl (C=O) groups is 3. The Bertz CT molecular complexity index is 931. The average Bonchev–Trinajstić information content (AvgIpc) is 2.57. The van der Waals surface area contributed by atoms with Crippen LogP contribution >= 0.6 is 23.2 Å². The number of pyridine rings is 2. The molecule has 0 saturated heterocycles. The first kappa shape index (κ1) is 23.9. The highest BCUT2D eigenvalue weighted by Gasteiger charge is 2.20. The number of aromatic carboxylic acids is 2. The first-order valence-corrected chi connectivity index (χ1v) is 8.58. The largest absolute Gasteiger partial charge is 0.478 e. The molecule has 2 aromatic heterocycles. The van der Waals surface area contributed by atoms with Crippen LogP contribution in [0.5, 0.6) is 0 Å². The second-order valence-corrected chi connectivity index (χ2v) is 7.18. The molecule has 0 atom stereocenters. The van der Waals surface area contributed by atoms with E-state index in [9.17, 15) is 14.4 Å². The van der Waals surface area contributed by atoms with Gasteiger partial charge in [0.2, 0.25) is 0 Å². The number of nitrogen functional groups attached to an aromatic ring is 1. The molecule has 1 amide bonds. The van der Waals surface area contributed by atoms with Crippen LogP contribution in [0, 0.1) is 0 Å². The van der Waals surface area contributed by atoms with Crippen molar-refractivity contribution in [1.29, 1.82) is 0 Å². The lowest BCUT2D eigenvalue weighted by Gasteiger charge is -2.20. The van der Waals surface area contributed by atoms with Crippen molar-refractivity contribution < 1.29 is 29.3 Å². The number of hydrogen-bond donors (Lipinski definition) is 4. The topological polar surface area (TPSA) is 165 Å². The Hall–Kier alpha value is -3.11. The molecule has 0 aliphatic heterocycles. The first-order valence-electron chi connectivity index (χ1n) is 7.82. The van der Waals surface area contributed by atoms with E-state index in [1.165, 1.54) is 12.4 Å². The predicted octanol–water partition coefficient (Wildman–Crippen LogP) is 3.80. The van der Waals surface area contributed by atoms with Gasteiger partial charge in [0, 0.05) is 24.8 Å². The number of carbonyl (C=O) groups excluding carboxylic acids is 1. The van der Waals surface area contributed by atoms with Gasteiger partial charge >= 0.3 is 18.0 Å². The molecular weight excluding hydrogens is 427 g/mol. The van der Waals surface area contributed by atoms with Gasteiger partial charge in [-0.1, -0.05) is 23.2 Å². The van der Waals surface area contributed by atoms with Gasteiger partial charge in [-0.3, -0.25) is 15.3 Å². The molecule has 2 heterocycles. The Morgan fingerprint density at radius 2 is 1.45 bits per heavy atom. The minimum atomic E-state index is -1.24. The maximum atomic E-state index is 11.5. The van der Waals surface area contributed by atoms with E-state index in [4.69, 9.17) is 43.9 Å². The van der Waals surface area contributed by atoms with Crippen molar-refractivity contribution in [2.75, 3.05) is 11.1 Å². The van der Waals surface area contributed by atoms with Gasteiger partial charge in [-0.25, -0.2) is 14.4 Å². The van der Waals surface area contributed by atoms with Gasteiger partial charge in [0.1, 0.15) is 16.7 Å². The summed E-state index contributed by atoms with van der Waals surface area (Å²) in [6, 6.07) is 0. The summed E-state index contributed by atoms with van der Waals surface area (Å²) in [6.07, 6.45) is 4.01. The van der Waals surface area contributed by atoms with Crippen molar-refractivity contribution in [3.05, 3.63) is 46.0 Å². The van der Waals surface area contributed by atoms with E-state index in [0.29, 0.717) is 0 Å². The molecule has 2 rings (SSSR count). The number of carboxylic acids is 2. The van der Waals surface area contributed by atoms with Crippen LogP contribution in [0.4, 0.5) is 16.2 Å². The van der Waals surface area contributed by atoms with Crippen LogP contribution in [-0.2, 0) is 4.74 Å². The number of rotatable bonds is 3. The van der Waals surface area contributed by atoms with Crippen LogP contribution in [0.2, 0.25) is 10.0 Å². The number of carboxylic acid groups (broad SMARTS) is 2. The molecule has 5 N–H and O–H groups in total. The van der Waals surface area contributed by atoms with Gasteiger partial charge in [0.05, 0.1) is 21.4 Å². The predicted molar refractivity (Wildman–Crippen MR) is 107 cm³/mol. The fourth-order valence-electron chi connectivity index (χ4n) is 1.75. The van der Waals surface area contributed by atoms with Crippen LogP contribution in [-0.4, -0.2) is 43.8 Å². The van der Waals surface area contributed by atoms with E-state index >= 15 is 0 Å². The van der Waals surface area contributed by atoms with Crippen molar-refractivity contribution in [1.82, 2.24) is 9.97 Å². The number of hydrogen-bond acceptors (Lipinski definition) is 7. The molecule has 0 bridgehead atoms. The number of anilines is 2. The normalized spacial score (nSPS) is 10.4. The van der Waals surface area contributed by atoms with Crippen LogP contribution in [0.25, 0.3) is 0 Å². The Kier molecular flexibility index (Phi) is 8.16. The highest BCUT2D eigenvalue weighted by atomic mass is 35.5. The van der Waals surface area contributed by atoms with E-state index < -0.39 is 23.6 Å². The molecule has 0 radical (unpaired) electrons. The molecular formula is C17H18Cl2N4O6. The molecule has 29 heavy (non-hydrogen) atoms.